The fourth-order valence-electron chi connectivity index (χ4n) is 1.54. The van der Waals surface area contributed by atoms with Crippen molar-refractivity contribution in [1.82, 2.24) is 0 Å². The molecule has 0 aliphatic rings. The predicted octanol–water partition coefficient (Wildman–Crippen LogP) is 2.61. The van der Waals surface area contributed by atoms with Crippen molar-refractivity contribution in [2.45, 2.75) is 32.7 Å². The number of rotatable bonds is 5. The Kier molecular flexibility index (Phi) is 4.63. The van der Waals surface area contributed by atoms with Crippen LogP contribution in [-0.4, -0.2) is 13.2 Å². The van der Waals surface area contributed by atoms with Crippen LogP contribution in [0.1, 0.15) is 25.8 Å². The van der Waals surface area contributed by atoms with Gasteiger partial charge in [0.15, 0.2) is 0 Å². The first kappa shape index (κ1) is 12.1. The number of benzene rings is 1. The Hall–Kier alpha value is -1.02. The average molecular weight is 207 g/mol. The molecule has 0 aliphatic carbocycles. The second-order valence-electron chi connectivity index (χ2n) is 4.10. The summed E-state index contributed by atoms with van der Waals surface area (Å²) in [7, 11) is 1.68. The van der Waals surface area contributed by atoms with E-state index >= 15 is 0 Å². The summed E-state index contributed by atoms with van der Waals surface area (Å²) in [6.45, 7) is 4.38. The van der Waals surface area contributed by atoms with E-state index < -0.39 is 0 Å². The van der Waals surface area contributed by atoms with E-state index in [1.54, 1.807) is 7.11 Å². The molecule has 0 spiro atoms. The van der Waals surface area contributed by atoms with Gasteiger partial charge in [-0.15, -0.1) is 0 Å². The Balaban J connectivity index is 2.57. The number of hydrogen-bond acceptors (Lipinski definition) is 2. The molecule has 2 atom stereocenters. The molecule has 0 aliphatic heterocycles. The summed E-state index contributed by atoms with van der Waals surface area (Å²) >= 11 is 0. The molecule has 0 radical (unpaired) electrons. The molecule has 2 nitrogen and oxygen atoms in total. The van der Waals surface area contributed by atoms with Gasteiger partial charge in [0.25, 0.3) is 0 Å². The van der Waals surface area contributed by atoms with Crippen LogP contribution >= 0.6 is 0 Å². The zero-order valence-electron chi connectivity index (χ0n) is 9.86. The predicted molar refractivity (Wildman–Crippen MR) is 64.1 cm³/mol. The first-order valence-corrected chi connectivity index (χ1v) is 5.55. The summed E-state index contributed by atoms with van der Waals surface area (Å²) in [6.07, 6.45) is 2.08. The Morgan fingerprint density at radius 3 is 2.33 bits per heavy atom. The van der Waals surface area contributed by atoms with Crippen LogP contribution in [0.4, 0.5) is 0 Å². The van der Waals surface area contributed by atoms with Gasteiger partial charge in [-0.05, 0) is 30.0 Å². The minimum atomic E-state index is 0.253. The molecule has 0 amide bonds. The summed E-state index contributed by atoms with van der Waals surface area (Å²) in [5, 5.41) is 0. The SMILES string of the molecule is CCC(C)C(N)Cc1ccc(OC)cc1. The molecule has 1 aromatic rings. The highest BCUT2D eigenvalue weighted by molar-refractivity contribution is 5.27. The van der Waals surface area contributed by atoms with Crippen molar-refractivity contribution >= 4 is 0 Å². The van der Waals surface area contributed by atoms with Gasteiger partial charge in [-0.2, -0.15) is 0 Å². The van der Waals surface area contributed by atoms with Crippen molar-refractivity contribution in [1.29, 1.82) is 0 Å². The van der Waals surface area contributed by atoms with E-state index in [4.69, 9.17) is 10.5 Å². The van der Waals surface area contributed by atoms with Crippen LogP contribution in [0.15, 0.2) is 24.3 Å². The van der Waals surface area contributed by atoms with Crippen LogP contribution in [0.5, 0.6) is 5.75 Å². The Morgan fingerprint density at radius 1 is 1.27 bits per heavy atom. The van der Waals surface area contributed by atoms with Crippen LogP contribution in [-0.2, 0) is 6.42 Å². The molecule has 0 fully saturated rings. The summed E-state index contributed by atoms with van der Waals surface area (Å²) < 4.78 is 5.11. The summed E-state index contributed by atoms with van der Waals surface area (Å²) in [6, 6.07) is 8.39. The number of hydrogen-bond donors (Lipinski definition) is 1. The Morgan fingerprint density at radius 2 is 1.87 bits per heavy atom. The number of methoxy groups -OCH3 is 1. The molecule has 0 saturated heterocycles. The monoisotopic (exact) mass is 207 g/mol. The smallest absolute Gasteiger partial charge is 0.118 e. The van der Waals surface area contributed by atoms with Gasteiger partial charge in [0.1, 0.15) is 5.75 Å². The maximum absolute atomic E-state index is 6.10. The Bertz CT molecular complexity index is 281. The third-order valence-electron chi connectivity index (χ3n) is 3.01. The quantitative estimate of drug-likeness (QED) is 0.805. The fourth-order valence-corrected chi connectivity index (χ4v) is 1.54. The van der Waals surface area contributed by atoms with Crippen LogP contribution in [0.25, 0.3) is 0 Å². The molecule has 0 aromatic heterocycles. The summed E-state index contributed by atoms with van der Waals surface area (Å²) in [5.74, 6) is 1.47. The van der Waals surface area contributed by atoms with Crippen molar-refractivity contribution in [3.05, 3.63) is 29.8 Å². The van der Waals surface area contributed by atoms with Crippen molar-refractivity contribution in [2.75, 3.05) is 7.11 Å². The third kappa shape index (κ3) is 3.56. The third-order valence-corrected chi connectivity index (χ3v) is 3.01. The molecule has 1 aromatic carbocycles. The molecule has 2 N–H and O–H groups in total. The molecular formula is C13H21NO. The standard InChI is InChI=1S/C13H21NO/c1-4-10(2)13(14)9-11-5-7-12(15-3)8-6-11/h5-8,10,13H,4,9,14H2,1-3H3. The van der Waals surface area contributed by atoms with E-state index in [0.717, 1.165) is 18.6 Å². The molecule has 2 heteroatoms. The number of nitrogens with two attached hydrogens (primary N) is 1. The zero-order valence-corrected chi connectivity index (χ0v) is 9.86. The van der Waals surface area contributed by atoms with Crippen LogP contribution in [0, 0.1) is 5.92 Å². The van der Waals surface area contributed by atoms with Crippen molar-refractivity contribution in [3.8, 4) is 5.75 Å². The van der Waals surface area contributed by atoms with Crippen molar-refractivity contribution in [2.24, 2.45) is 11.7 Å². The minimum Gasteiger partial charge on any atom is -0.497 e. The lowest BCUT2D eigenvalue weighted by atomic mass is 9.94. The average Bonchev–Trinajstić information content (AvgIpc) is 2.29. The largest absolute Gasteiger partial charge is 0.497 e. The lowest BCUT2D eigenvalue weighted by Gasteiger charge is -2.18. The first-order valence-electron chi connectivity index (χ1n) is 5.55. The maximum atomic E-state index is 6.10. The Labute approximate surface area is 92.4 Å². The first-order chi connectivity index (χ1) is 7.17. The second kappa shape index (κ2) is 5.76. The van der Waals surface area contributed by atoms with Crippen LogP contribution < -0.4 is 10.5 Å². The van der Waals surface area contributed by atoms with Gasteiger partial charge < -0.3 is 10.5 Å². The van der Waals surface area contributed by atoms with Gasteiger partial charge in [0.2, 0.25) is 0 Å². The molecule has 15 heavy (non-hydrogen) atoms. The highest BCUT2D eigenvalue weighted by Crippen LogP contribution is 2.15. The lowest BCUT2D eigenvalue weighted by molar-refractivity contribution is 0.414. The molecule has 84 valence electrons. The summed E-state index contributed by atoms with van der Waals surface area (Å²) in [4.78, 5) is 0. The molecule has 0 heterocycles. The van der Waals surface area contributed by atoms with Crippen LogP contribution in [0.2, 0.25) is 0 Å². The van der Waals surface area contributed by atoms with E-state index in [9.17, 15) is 0 Å². The van der Waals surface area contributed by atoms with E-state index in [1.165, 1.54) is 5.56 Å². The van der Waals surface area contributed by atoms with E-state index in [2.05, 4.69) is 26.0 Å². The van der Waals surface area contributed by atoms with Gasteiger partial charge in [-0.25, -0.2) is 0 Å². The minimum absolute atomic E-state index is 0.253. The van der Waals surface area contributed by atoms with Crippen LogP contribution in [0.3, 0.4) is 0 Å². The number of ether oxygens (including phenoxy) is 1. The van der Waals surface area contributed by atoms with E-state index in [1.807, 2.05) is 12.1 Å². The summed E-state index contributed by atoms with van der Waals surface area (Å²) in [5.41, 5.74) is 7.38. The normalized spacial score (nSPS) is 14.7. The molecule has 2 unspecified atom stereocenters. The maximum Gasteiger partial charge on any atom is 0.118 e. The van der Waals surface area contributed by atoms with Gasteiger partial charge in [0, 0.05) is 6.04 Å². The van der Waals surface area contributed by atoms with E-state index in [0.29, 0.717) is 5.92 Å². The highest BCUT2D eigenvalue weighted by atomic mass is 16.5. The molecule has 1 rings (SSSR count). The molecular weight excluding hydrogens is 186 g/mol. The van der Waals surface area contributed by atoms with Gasteiger partial charge in [-0.1, -0.05) is 32.4 Å². The van der Waals surface area contributed by atoms with Gasteiger partial charge in [-0.3, -0.25) is 0 Å². The molecule has 0 saturated carbocycles. The zero-order chi connectivity index (χ0) is 11.3. The topological polar surface area (TPSA) is 35.2 Å². The van der Waals surface area contributed by atoms with Gasteiger partial charge >= 0.3 is 0 Å². The second-order valence-corrected chi connectivity index (χ2v) is 4.10. The fraction of sp³-hybridized carbons (Fsp3) is 0.538. The van der Waals surface area contributed by atoms with Crippen molar-refractivity contribution < 1.29 is 4.74 Å². The van der Waals surface area contributed by atoms with Gasteiger partial charge in [0.05, 0.1) is 7.11 Å². The van der Waals surface area contributed by atoms with E-state index in [-0.39, 0.29) is 6.04 Å². The van der Waals surface area contributed by atoms with Crippen molar-refractivity contribution in [3.63, 3.8) is 0 Å². The lowest BCUT2D eigenvalue weighted by Crippen LogP contribution is -2.30. The highest BCUT2D eigenvalue weighted by Gasteiger charge is 2.10. The molecule has 0 bridgehead atoms.